The summed E-state index contributed by atoms with van der Waals surface area (Å²) in [6.45, 7) is 1.96. The van der Waals surface area contributed by atoms with Crippen LogP contribution in [0.15, 0.2) is 0 Å². The molecule has 0 aromatic heterocycles. The number of carbonyl (C=O) groups is 1. The van der Waals surface area contributed by atoms with Crippen LogP contribution < -0.4 is 0 Å². The molecule has 0 aromatic carbocycles. The molecule has 0 bridgehead atoms. The van der Waals surface area contributed by atoms with Gasteiger partial charge in [-0.1, -0.05) is 18.7 Å². The third kappa shape index (κ3) is 4.47. The molecule has 1 nitrogen and oxygen atoms in total. The van der Waals surface area contributed by atoms with Gasteiger partial charge in [0, 0.05) is 12.3 Å². The monoisotopic (exact) mass is 152 g/mol. The highest BCUT2D eigenvalue weighted by Crippen LogP contribution is 2.03. The zero-order valence-corrected chi connectivity index (χ0v) is 6.39. The van der Waals surface area contributed by atoms with Gasteiger partial charge in [-0.15, -0.1) is 11.6 Å². The second kappa shape index (κ2) is 5.45. The van der Waals surface area contributed by atoms with Crippen LogP contribution in [-0.2, 0) is 4.79 Å². The Morgan fingerprint density at radius 1 is 1.75 bits per heavy atom. The van der Waals surface area contributed by atoms with Crippen molar-refractivity contribution in [1.82, 2.24) is 0 Å². The molecule has 0 N–H and O–H groups in total. The molecule has 0 saturated heterocycles. The van der Waals surface area contributed by atoms with E-state index in [9.17, 15) is 4.79 Å². The maximum atomic E-state index is 10.5. The van der Waals surface area contributed by atoms with Crippen molar-refractivity contribution in [3.8, 4) is 0 Å². The summed E-state index contributed by atoms with van der Waals surface area (Å²) in [7, 11) is 0. The van der Waals surface area contributed by atoms with E-state index in [-0.39, 0.29) is 5.12 Å². The molecule has 0 radical (unpaired) electrons. The van der Waals surface area contributed by atoms with Gasteiger partial charge in [0.25, 0.3) is 0 Å². The third-order valence-electron chi connectivity index (χ3n) is 0.604. The standard InChI is InChI=1S/C5H9ClOS/c1-2-8-5(7)3-4-6/h2-4H2,1H3. The minimum absolute atomic E-state index is 0.197. The second-order valence-corrected chi connectivity index (χ2v) is 2.94. The van der Waals surface area contributed by atoms with Crippen LogP contribution in [0.3, 0.4) is 0 Å². The number of thioether (sulfide) groups is 1. The van der Waals surface area contributed by atoms with Crippen molar-refractivity contribution in [2.24, 2.45) is 0 Å². The Bertz CT molecular complexity index is 66.8. The first-order valence-corrected chi connectivity index (χ1v) is 4.04. The van der Waals surface area contributed by atoms with Gasteiger partial charge in [-0.05, 0) is 5.75 Å². The number of hydrogen-bond donors (Lipinski definition) is 0. The fourth-order valence-corrected chi connectivity index (χ4v) is 1.16. The minimum Gasteiger partial charge on any atom is -0.287 e. The van der Waals surface area contributed by atoms with Crippen LogP contribution in [0.4, 0.5) is 0 Å². The first-order chi connectivity index (χ1) is 3.81. The number of rotatable bonds is 3. The summed E-state index contributed by atoms with van der Waals surface area (Å²) in [5.41, 5.74) is 0. The Labute approximate surface area is 58.8 Å². The van der Waals surface area contributed by atoms with Gasteiger partial charge in [-0.3, -0.25) is 4.79 Å². The SMILES string of the molecule is CCSC(=O)CCCl. The lowest BCUT2D eigenvalue weighted by Crippen LogP contribution is -1.91. The highest BCUT2D eigenvalue weighted by atomic mass is 35.5. The molecule has 0 saturated carbocycles. The molecule has 0 aliphatic carbocycles. The molecule has 3 heteroatoms. The van der Waals surface area contributed by atoms with Crippen molar-refractivity contribution in [3.63, 3.8) is 0 Å². The highest BCUT2D eigenvalue weighted by Gasteiger charge is 1.96. The van der Waals surface area contributed by atoms with Crippen LogP contribution in [0, 0.1) is 0 Å². The zero-order valence-electron chi connectivity index (χ0n) is 4.82. The van der Waals surface area contributed by atoms with E-state index in [1.807, 2.05) is 6.92 Å². The molecule has 0 aromatic rings. The predicted octanol–water partition coefficient (Wildman–Crippen LogP) is 1.90. The summed E-state index contributed by atoms with van der Waals surface area (Å²) in [4.78, 5) is 10.5. The van der Waals surface area contributed by atoms with Crippen molar-refractivity contribution >= 4 is 28.5 Å². The van der Waals surface area contributed by atoms with E-state index in [0.29, 0.717) is 12.3 Å². The molecule has 0 rings (SSSR count). The van der Waals surface area contributed by atoms with Gasteiger partial charge >= 0.3 is 0 Å². The lowest BCUT2D eigenvalue weighted by molar-refractivity contribution is -0.110. The number of carbonyl (C=O) groups excluding carboxylic acids is 1. The largest absolute Gasteiger partial charge is 0.287 e. The fraction of sp³-hybridized carbons (Fsp3) is 0.800. The maximum Gasteiger partial charge on any atom is 0.190 e. The summed E-state index contributed by atoms with van der Waals surface area (Å²) < 4.78 is 0. The van der Waals surface area contributed by atoms with E-state index >= 15 is 0 Å². The Morgan fingerprint density at radius 2 is 2.38 bits per heavy atom. The van der Waals surface area contributed by atoms with Crippen LogP contribution in [0.25, 0.3) is 0 Å². The smallest absolute Gasteiger partial charge is 0.190 e. The van der Waals surface area contributed by atoms with E-state index in [4.69, 9.17) is 11.6 Å². The van der Waals surface area contributed by atoms with Crippen molar-refractivity contribution in [2.75, 3.05) is 11.6 Å². The van der Waals surface area contributed by atoms with Crippen molar-refractivity contribution in [1.29, 1.82) is 0 Å². The molecule has 0 amide bonds. The van der Waals surface area contributed by atoms with Gasteiger partial charge in [0.15, 0.2) is 5.12 Å². The summed E-state index contributed by atoms with van der Waals surface area (Å²) in [5, 5.41) is 0.197. The molecular formula is C5H9ClOS. The summed E-state index contributed by atoms with van der Waals surface area (Å²) in [6.07, 6.45) is 0.500. The average molecular weight is 153 g/mol. The summed E-state index contributed by atoms with van der Waals surface area (Å²) in [6, 6.07) is 0. The molecule has 0 fully saturated rings. The Hall–Kier alpha value is 0.310. The van der Waals surface area contributed by atoms with E-state index in [1.165, 1.54) is 11.8 Å². The number of alkyl halides is 1. The van der Waals surface area contributed by atoms with Crippen molar-refractivity contribution < 1.29 is 4.79 Å². The molecule has 0 atom stereocenters. The van der Waals surface area contributed by atoms with Crippen molar-refractivity contribution in [3.05, 3.63) is 0 Å². The maximum absolute atomic E-state index is 10.5. The van der Waals surface area contributed by atoms with Crippen LogP contribution >= 0.6 is 23.4 Å². The first-order valence-electron chi connectivity index (χ1n) is 2.52. The molecule has 0 aliphatic heterocycles. The van der Waals surface area contributed by atoms with E-state index < -0.39 is 0 Å². The van der Waals surface area contributed by atoms with E-state index in [0.717, 1.165) is 5.75 Å². The van der Waals surface area contributed by atoms with Gasteiger partial charge in [0.2, 0.25) is 0 Å². The fourth-order valence-electron chi connectivity index (χ4n) is 0.310. The van der Waals surface area contributed by atoms with Gasteiger partial charge in [-0.2, -0.15) is 0 Å². The lowest BCUT2D eigenvalue weighted by atomic mass is 10.6. The van der Waals surface area contributed by atoms with Gasteiger partial charge in [0.1, 0.15) is 0 Å². The molecule has 0 unspecified atom stereocenters. The lowest BCUT2D eigenvalue weighted by Gasteiger charge is -1.90. The van der Waals surface area contributed by atoms with Gasteiger partial charge < -0.3 is 0 Å². The summed E-state index contributed by atoms with van der Waals surface area (Å²) >= 11 is 6.63. The zero-order chi connectivity index (χ0) is 6.41. The Balaban J connectivity index is 3.06. The number of halogens is 1. The molecular weight excluding hydrogens is 144 g/mol. The topological polar surface area (TPSA) is 17.1 Å². The van der Waals surface area contributed by atoms with Crippen LogP contribution in [-0.4, -0.2) is 16.7 Å². The van der Waals surface area contributed by atoms with Crippen LogP contribution in [0.2, 0.25) is 0 Å². The Kier molecular flexibility index (Phi) is 5.66. The molecule has 8 heavy (non-hydrogen) atoms. The Morgan fingerprint density at radius 3 is 2.75 bits per heavy atom. The number of hydrogen-bond acceptors (Lipinski definition) is 2. The van der Waals surface area contributed by atoms with E-state index in [2.05, 4.69) is 0 Å². The van der Waals surface area contributed by atoms with Crippen LogP contribution in [0.1, 0.15) is 13.3 Å². The normalized spacial score (nSPS) is 9.25. The summed E-state index contributed by atoms with van der Waals surface area (Å²) in [5.74, 6) is 1.31. The molecule has 0 heterocycles. The quantitative estimate of drug-likeness (QED) is 0.575. The van der Waals surface area contributed by atoms with E-state index in [1.54, 1.807) is 0 Å². The first kappa shape index (κ1) is 8.31. The highest BCUT2D eigenvalue weighted by molar-refractivity contribution is 8.13. The molecule has 0 aliphatic rings. The van der Waals surface area contributed by atoms with Gasteiger partial charge in [-0.25, -0.2) is 0 Å². The molecule has 0 spiro atoms. The average Bonchev–Trinajstić information content (AvgIpc) is 1.68. The second-order valence-electron chi connectivity index (χ2n) is 1.24. The minimum atomic E-state index is 0.197. The van der Waals surface area contributed by atoms with Gasteiger partial charge in [0.05, 0.1) is 0 Å². The van der Waals surface area contributed by atoms with Crippen molar-refractivity contribution in [2.45, 2.75) is 13.3 Å². The van der Waals surface area contributed by atoms with Crippen LogP contribution in [0.5, 0.6) is 0 Å². The predicted molar refractivity (Wildman–Crippen MR) is 38.5 cm³/mol. The third-order valence-corrected chi connectivity index (χ3v) is 1.61. The molecule has 48 valence electrons.